The first kappa shape index (κ1) is 12.9. The number of nitrogens with one attached hydrogen (secondary N) is 1. The Balaban J connectivity index is 2.28. The maximum Gasteiger partial charge on any atom is 0.0558 e. The van der Waals surface area contributed by atoms with E-state index >= 15 is 0 Å². The van der Waals surface area contributed by atoms with Crippen LogP contribution in [0.15, 0.2) is 0 Å². The largest absolute Gasteiger partial charge is 0.396 e. The SMILES string of the molecule is CC(CO)CN(CCO)CC1CCCN1. The Hall–Kier alpha value is -0.160. The van der Waals surface area contributed by atoms with E-state index in [1.165, 1.54) is 12.8 Å². The van der Waals surface area contributed by atoms with Crippen molar-refractivity contribution in [3.8, 4) is 0 Å². The Morgan fingerprint density at radius 1 is 1.47 bits per heavy atom. The van der Waals surface area contributed by atoms with Crippen LogP contribution in [0.1, 0.15) is 19.8 Å². The molecule has 15 heavy (non-hydrogen) atoms. The van der Waals surface area contributed by atoms with Crippen LogP contribution in [0.25, 0.3) is 0 Å². The third-order valence-corrected chi connectivity index (χ3v) is 2.94. The fourth-order valence-electron chi connectivity index (χ4n) is 2.12. The van der Waals surface area contributed by atoms with E-state index in [4.69, 9.17) is 10.2 Å². The molecule has 0 amide bonds. The summed E-state index contributed by atoms with van der Waals surface area (Å²) in [4.78, 5) is 2.24. The Bertz CT molecular complexity index is 161. The zero-order valence-electron chi connectivity index (χ0n) is 9.65. The van der Waals surface area contributed by atoms with Gasteiger partial charge in [0.05, 0.1) is 6.61 Å². The summed E-state index contributed by atoms with van der Waals surface area (Å²) in [6.45, 7) is 6.15. The van der Waals surface area contributed by atoms with Gasteiger partial charge in [0.2, 0.25) is 0 Å². The van der Waals surface area contributed by atoms with Crippen LogP contribution in [0.4, 0.5) is 0 Å². The van der Waals surface area contributed by atoms with E-state index in [0.717, 1.165) is 19.6 Å². The summed E-state index contributed by atoms with van der Waals surface area (Å²) in [6, 6.07) is 0.572. The molecule has 1 fully saturated rings. The predicted molar refractivity (Wildman–Crippen MR) is 60.8 cm³/mol. The minimum atomic E-state index is 0.199. The number of rotatable bonds is 7. The average Bonchev–Trinajstić information content (AvgIpc) is 2.70. The van der Waals surface area contributed by atoms with Gasteiger partial charge in [0.15, 0.2) is 0 Å². The third kappa shape index (κ3) is 4.93. The Labute approximate surface area is 92.3 Å². The molecule has 4 heteroatoms. The van der Waals surface area contributed by atoms with Gasteiger partial charge in [-0.25, -0.2) is 0 Å². The summed E-state index contributed by atoms with van der Waals surface area (Å²) in [5.74, 6) is 0.290. The fraction of sp³-hybridized carbons (Fsp3) is 1.00. The van der Waals surface area contributed by atoms with Gasteiger partial charge in [0.1, 0.15) is 0 Å². The Kier molecular flexibility index (Phi) is 6.17. The van der Waals surface area contributed by atoms with Crippen molar-refractivity contribution < 1.29 is 10.2 Å². The lowest BCUT2D eigenvalue weighted by Gasteiger charge is -2.27. The normalized spacial score (nSPS) is 23.6. The second-order valence-corrected chi connectivity index (χ2v) is 4.56. The monoisotopic (exact) mass is 216 g/mol. The quantitative estimate of drug-likeness (QED) is 0.545. The fourth-order valence-corrected chi connectivity index (χ4v) is 2.12. The van der Waals surface area contributed by atoms with Crippen molar-refractivity contribution in [1.82, 2.24) is 10.2 Å². The Morgan fingerprint density at radius 2 is 2.27 bits per heavy atom. The summed E-state index contributed by atoms with van der Waals surface area (Å²) in [6.07, 6.45) is 2.49. The maximum atomic E-state index is 9.01. The highest BCUT2D eigenvalue weighted by atomic mass is 16.3. The molecule has 0 saturated carbocycles. The summed E-state index contributed by atoms with van der Waals surface area (Å²) in [5.41, 5.74) is 0. The molecule has 2 atom stereocenters. The smallest absolute Gasteiger partial charge is 0.0558 e. The lowest BCUT2D eigenvalue weighted by atomic mass is 10.1. The van der Waals surface area contributed by atoms with E-state index in [0.29, 0.717) is 12.6 Å². The van der Waals surface area contributed by atoms with Gasteiger partial charge in [-0.2, -0.15) is 0 Å². The van der Waals surface area contributed by atoms with Crippen molar-refractivity contribution in [2.45, 2.75) is 25.8 Å². The molecule has 90 valence electrons. The first-order valence-corrected chi connectivity index (χ1v) is 5.93. The van der Waals surface area contributed by atoms with E-state index in [2.05, 4.69) is 10.2 Å². The van der Waals surface area contributed by atoms with Crippen molar-refractivity contribution in [2.24, 2.45) is 5.92 Å². The first-order chi connectivity index (χ1) is 7.26. The molecular formula is C11H24N2O2. The summed E-state index contributed by atoms with van der Waals surface area (Å²) < 4.78 is 0. The molecule has 0 bridgehead atoms. The highest BCUT2D eigenvalue weighted by molar-refractivity contribution is 4.78. The molecular weight excluding hydrogens is 192 g/mol. The number of nitrogens with zero attached hydrogens (tertiary/aromatic N) is 1. The molecule has 0 aromatic heterocycles. The second kappa shape index (κ2) is 7.17. The van der Waals surface area contributed by atoms with Crippen LogP contribution in [0.3, 0.4) is 0 Å². The number of aliphatic hydroxyl groups excluding tert-OH is 2. The van der Waals surface area contributed by atoms with E-state index in [1.807, 2.05) is 6.92 Å². The van der Waals surface area contributed by atoms with Crippen LogP contribution in [0, 0.1) is 5.92 Å². The molecule has 0 spiro atoms. The van der Waals surface area contributed by atoms with Crippen molar-refractivity contribution in [3.63, 3.8) is 0 Å². The van der Waals surface area contributed by atoms with Gasteiger partial charge in [-0.1, -0.05) is 6.92 Å². The van der Waals surface area contributed by atoms with Gasteiger partial charge in [0, 0.05) is 32.3 Å². The molecule has 1 aliphatic rings. The number of hydrogen-bond donors (Lipinski definition) is 3. The van der Waals surface area contributed by atoms with E-state index in [-0.39, 0.29) is 19.1 Å². The van der Waals surface area contributed by atoms with Crippen molar-refractivity contribution in [2.75, 3.05) is 39.4 Å². The first-order valence-electron chi connectivity index (χ1n) is 5.93. The topological polar surface area (TPSA) is 55.7 Å². The number of aliphatic hydroxyl groups is 2. The average molecular weight is 216 g/mol. The minimum Gasteiger partial charge on any atom is -0.396 e. The highest BCUT2D eigenvalue weighted by Crippen LogP contribution is 2.08. The maximum absolute atomic E-state index is 9.01. The molecule has 1 saturated heterocycles. The number of hydrogen-bond acceptors (Lipinski definition) is 4. The molecule has 1 aliphatic heterocycles. The zero-order valence-corrected chi connectivity index (χ0v) is 9.65. The minimum absolute atomic E-state index is 0.199. The molecule has 0 aliphatic carbocycles. The van der Waals surface area contributed by atoms with Crippen molar-refractivity contribution in [1.29, 1.82) is 0 Å². The van der Waals surface area contributed by atoms with Crippen molar-refractivity contribution in [3.05, 3.63) is 0 Å². The van der Waals surface area contributed by atoms with E-state index in [9.17, 15) is 0 Å². The predicted octanol–water partition coefficient (Wildman–Crippen LogP) is -0.339. The lowest BCUT2D eigenvalue weighted by molar-refractivity contribution is 0.140. The summed E-state index contributed by atoms with van der Waals surface area (Å²) >= 11 is 0. The standard InChI is InChI=1S/C11H24N2O2/c1-10(9-15)7-13(5-6-14)8-11-3-2-4-12-11/h10-12,14-15H,2-9H2,1H3. The highest BCUT2D eigenvalue weighted by Gasteiger charge is 2.18. The summed E-state index contributed by atoms with van der Waals surface area (Å²) in [7, 11) is 0. The lowest BCUT2D eigenvalue weighted by Crippen LogP contribution is -2.41. The van der Waals surface area contributed by atoms with E-state index < -0.39 is 0 Å². The van der Waals surface area contributed by atoms with Gasteiger partial charge < -0.3 is 15.5 Å². The van der Waals surface area contributed by atoms with Crippen molar-refractivity contribution >= 4 is 0 Å². The molecule has 0 aromatic carbocycles. The van der Waals surface area contributed by atoms with Crippen LogP contribution >= 0.6 is 0 Å². The molecule has 4 nitrogen and oxygen atoms in total. The molecule has 3 N–H and O–H groups in total. The van der Waals surface area contributed by atoms with Crippen LogP contribution in [0.5, 0.6) is 0 Å². The van der Waals surface area contributed by atoms with Crippen LogP contribution in [0.2, 0.25) is 0 Å². The third-order valence-electron chi connectivity index (χ3n) is 2.94. The molecule has 2 unspecified atom stereocenters. The second-order valence-electron chi connectivity index (χ2n) is 4.56. The van der Waals surface area contributed by atoms with Gasteiger partial charge in [-0.3, -0.25) is 4.90 Å². The van der Waals surface area contributed by atoms with Gasteiger partial charge in [0.25, 0.3) is 0 Å². The van der Waals surface area contributed by atoms with Crippen LogP contribution < -0.4 is 5.32 Å². The Morgan fingerprint density at radius 3 is 2.80 bits per heavy atom. The molecule has 0 aromatic rings. The summed E-state index contributed by atoms with van der Waals surface area (Å²) in [5, 5.41) is 21.4. The van der Waals surface area contributed by atoms with Crippen LogP contribution in [-0.4, -0.2) is 60.5 Å². The molecule has 0 radical (unpaired) electrons. The van der Waals surface area contributed by atoms with Gasteiger partial charge >= 0.3 is 0 Å². The van der Waals surface area contributed by atoms with Gasteiger partial charge in [-0.05, 0) is 25.3 Å². The zero-order chi connectivity index (χ0) is 11.1. The van der Waals surface area contributed by atoms with Gasteiger partial charge in [-0.15, -0.1) is 0 Å². The molecule has 1 rings (SSSR count). The van der Waals surface area contributed by atoms with E-state index in [1.54, 1.807) is 0 Å². The molecule has 1 heterocycles. The van der Waals surface area contributed by atoms with Crippen LogP contribution in [-0.2, 0) is 0 Å².